The van der Waals surface area contributed by atoms with Crippen molar-refractivity contribution in [3.63, 3.8) is 0 Å². The second-order valence-electron chi connectivity index (χ2n) is 3.62. The molecule has 0 saturated heterocycles. The molecule has 15 heavy (non-hydrogen) atoms. The van der Waals surface area contributed by atoms with Crippen molar-refractivity contribution >= 4 is 5.97 Å². The number of aromatic nitrogens is 1. The summed E-state index contributed by atoms with van der Waals surface area (Å²) in [6.45, 7) is 4.10. The zero-order valence-electron chi connectivity index (χ0n) is 8.97. The quantitative estimate of drug-likeness (QED) is 0.768. The molecule has 0 spiro atoms. The molecule has 0 aliphatic carbocycles. The molecule has 2 atom stereocenters. The first-order chi connectivity index (χ1) is 7.11. The van der Waals surface area contributed by atoms with Gasteiger partial charge in [-0.2, -0.15) is 0 Å². The van der Waals surface area contributed by atoms with Gasteiger partial charge in [0.1, 0.15) is 0 Å². The molecule has 1 heterocycles. The Hall–Kier alpha value is -1.42. The molecule has 1 aromatic heterocycles. The number of carboxylic acids is 1. The Morgan fingerprint density at radius 1 is 1.53 bits per heavy atom. The van der Waals surface area contributed by atoms with Crippen molar-refractivity contribution in [1.82, 2.24) is 10.3 Å². The molecule has 2 unspecified atom stereocenters. The maximum Gasteiger partial charge on any atom is 0.307 e. The fraction of sp³-hybridized carbons (Fsp3) is 0.455. The maximum absolute atomic E-state index is 10.6. The number of carboxylic acid groups (broad SMARTS) is 1. The first-order valence-corrected chi connectivity index (χ1v) is 4.98. The van der Waals surface area contributed by atoms with Crippen LogP contribution in [0.4, 0.5) is 0 Å². The average Bonchev–Trinajstić information content (AvgIpc) is 2.26. The van der Waals surface area contributed by atoms with E-state index in [9.17, 15) is 4.79 Å². The third-order valence-corrected chi connectivity index (χ3v) is 2.28. The van der Waals surface area contributed by atoms with Crippen molar-refractivity contribution in [1.29, 1.82) is 0 Å². The van der Waals surface area contributed by atoms with Gasteiger partial charge in [0.05, 0.1) is 11.6 Å². The van der Waals surface area contributed by atoms with Crippen molar-refractivity contribution in [3.8, 4) is 0 Å². The van der Waals surface area contributed by atoms with E-state index in [1.54, 1.807) is 13.1 Å². The molecule has 0 amide bonds. The molecule has 0 bridgehead atoms. The minimum atomic E-state index is -0.782. The van der Waals surface area contributed by atoms with Gasteiger partial charge in [-0.15, -0.1) is 0 Å². The van der Waals surface area contributed by atoms with Crippen LogP contribution in [0.1, 0.15) is 25.6 Å². The second-order valence-corrected chi connectivity index (χ2v) is 3.62. The number of nitrogens with one attached hydrogen (secondary N) is 1. The van der Waals surface area contributed by atoms with Gasteiger partial charge in [0.15, 0.2) is 0 Å². The SMILES string of the molecule is CC(CNC(C)c1ccccn1)C(=O)O. The van der Waals surface area contributed by atoms with E-state index in [2.05, 4.69) is 10.3 Å². The first kappa shape index (κ1) is 11.7. The summed E-state index contributed by atoms with van der Waals surface area (Å²) in [5.41, 5.74) is 0.926. The van der Waals surface area contributed by atoms with Crippen molar-refractivity contribution in [3.05, 3.63) is 30.1 Å². The topological polar surface area (TPSA) is 62.2 Å². The van der Waals surface area contributed by atoms with E-state index in [0.29, 0.717) is 6.54 Å². The second kappa shape index (κ2) is 5.46. The fourth-order valence-corrected chi connectivity index (χ4v) is 1.18. The van der Waals surface area contributed by atoms with Crippen molar-refractivity contribution in [2.24, 2.45) is 5.92 Å². The van der Waals surface area contributed by atoms with Crippen LogP contribution in [-0.2, 0) is 4.79 Å². The highest BCUT2D eigenvalue weighted by Gasteiger charge is 2.12. The lowest BCUT2D eigenvalue weighted by Crippen LogP contribution is -2.28. The summed E-state index contributed by atoms with van der Waals surface area (Å²) in [5, 5.41) is 11.8. The van der Waals surface area contributed by atoms with Crippen molar-refractivity contribution < 1.29 is 9.90 Å². The monoisotopic (exact) mass is 208 g/mol. The molecular formula is C11H16N2O2. The number of carbonyl (C=O) groups is 1. The van der Waals surface area contributed by atoms with E-state index in [1.807, 2.05) is 25.1 Å². The average molecular weight is 208 g/mol. The van der Waals surface area contributed by atoms with Gasteiger partial charge in [0.2, 0.25) is 0 Å². The first-order valence-electron chi connectivity index (χ1n) is 4.98. The van der Waals surface area contributed by atoms with Crippen LogP contribution in [0.3, 0.4) is 0 Å². The Balaban J connectivity index is 2.43. The third kappa shape index (κ3) is 3.67. The van der Waals surface area contributed by atoms with Gasteiger partial charge in [-0.1, -0.05) is 13.0 Å². The molecule has 0 aliphatic heterocycles. The van der Waals surface area contributed by atoms with E-state index in [0.717, 1.165) is 5.69 Å². The summed E-state index contributed by atoms with van der Waals surface area (Å²) in [5.74, 6) is -1.16. The maximum atomic E-state index is 10.6. The van der Waals surface area contributed by atoms with Gasteiger partial charge in [0, 0.05) is 18.8 Å². The normalized spacial score (nSPS) is 14.5. The van der Waals surface area contributed by atoms with Crippen LogP contribution in [-0.4, -0.2) is 22.6 Å². The summed E-state index contributed by atoms with van der Waals surface area (Å²) in [4.78, 5) is 14.8. The molecule has 0 saturated carbocycles. The number of nitrogens with zero attached hydrogens (tertiary/aromatic N) is 1. The van der Waals surface area contributed by atoms with Crippen molar-refractivity contribution in [2.45, 2.75) is 19.9 Å². The van der Waals surface area contributed by atoms with Crippen LogP contribution in [0.25, 0.3) is 0 Å². The van der Waals surface area contributed by atoms with Crippen LogP contribution in [0, 0.1) is 5.92 Å². The Morgan fingerprint density at radius 2 is 2.27 bits per heavy atom. The van der Waals surface area contributed by atoms with Crippen LogP contribution in [0.5, 0.6) is 0 Å². The lowest BCUT2D eigenvalue weighted by atomic mass is 10.1. The van der Waals surface area contributed by atoms with Gasteiger partial charge in [-0.05, 0) is 19.1 Å². The Morgan fingerprint density at radius 3 is 2.80 bits per heavy atom. The summed E-state index contributed by atoms with van der Waals surface area (Å²) in [7, 11) is 0. The molecule has 1 aromatic rings. The molecule has 0 fully saturated rings. The molecule has 2 N–H and O–H groups in total. The van der Waals surface area contributed by atoms with E-state index in [1.165, 1.54) is 0 Å². The summed E-state index contributed by atoms with van der Waals surface area (Å²) in [6, 6.07) is 5.77. The lowest BCUT2D eigenvalue weighted by Gasteiger charge is -2.14. The number of aliphatic carboxylic acids is 1. The van der Waals surface area contributed by atoms with Gasteiger partial charge < -0.3 is 10.4 Å². The summed E-state index contributed by atoms with van der Waals surface area (Å²) >= 11 is 0. The van der Waals surface area contributed by atoms with E-state index < -0.39 is 5.97 Å². The molecule has 82 valence electrons. The summed E-state index contributed by atoms with van der Waals surface area (Å²) in [6.07, 6.45) is 1.73. The minimum absolute atomic E-state index is 0.0769. The standard InChI is InChI=1S/C11H16N2O2/c1-8(11(14)15)7-13-9(2)10-5-3-4-6-12-10/h3-6,8-9,13H,7H2,1-2H3,(H,14,15). The van der Waals surface area contributed by atoms with Crippen LogP contribution >= 0.6 is 0 Å². The zero-order valence-corrected chi connectivity index (χ0v) is 8.97. The predicted octanol–water partition coefficient (Wildman–Crippen LogP) is 1.45. The third-order valence-electron chi connectivity index (χ3n) is 2.28. The fourth-order valence-electron chi connectivity index (χ4n) is 1.18. The van der Waals surface area contributed by atoms with Crippen LogP contribution in [0.2, 0.25) is 0 Å². The van der Waals surface area contributed by atoms with Gasteiger partial charge in [0.25, 0.3) is 0 Å². The van der Waals surface area contributed by atoms with E-state index in [4.69, 9.17) is 5.11 Å². The molecule has 0 aliphatic rings. The highest BCUT2D eigenvalue weighted by molar-refractivity contribution is 5.69. The van der Waals surface area contributed by atoms with Gasteiger partial charge >= 0.3 is 5.97 Å². The largest absolute Gasteiger partial charge is 0.481 e. The van der Waals surface area contributed by atoms with Crippen molar-refractivity contribution in [2.75, 3.05) is 6.54 Å². The molecule has 0 radical (unpaired) electrons. The number of pyridine rings is 1. The highest BCUT2D eigenvalue weighted by atomic mass is 16.4. The van der Waals surface area contributed by atoms with Crippen LogP contribution in [0.15, 0.2) is 24.4 Å². The van der Waals surface area contributed by atoms with E-state index in [-0.39, 0.29) is 12.0 Å². The number of hydrogen-bond acceptors (Lipinski definition) is 3. The van der Waals surface area contributed by atoms with Gasteiger partial charge in [-0.25, -0.2) is 0 Å². The van der Waals surface area contributed by atoms with E-state index >= 15 is 0 Å². The smallest absolute Gasteiger partial charge is 0.307 e. The number of hydrogen-bond donors (Lipinski definition) is 2. The minimum Gasteiger partial charge on any atom is -0.481 e. The van der Waals surface area contributed by atoms with Crippen LogP contribution < -0.4 is 5.32 Å². The Kier molecular flexibility index (Phi) is 4.24. The molecule has 4 nitrogen and oxygen atoms in total. The predicted molar refractivity (Wildman–Crippen MR) is 57.5 cm³/mol. The Bertz CT molecular complexity index is 314. The molecular weight excluding hydrogens is 192 g/mol. The molecule has 1 rings (SSSR count). The number of rotatable bonds is 5. The molecule has 4 heteroatoms. The zero-order chi connectivity index (χ0) is 11.3. The highest BCUT2D eigenvalue weighted by Crippen LogP contribution is 2.08. The summed E-state index contributed by atoms with van der Waals surface area (Å²) < 4.78 is 0. The Labute approximate surface area is 89.3 Å². The van der Waals surface area contributed by atoms with Gasteiger partial charge in [-0.3, -0.25) is 9.78 Å². The lowest BCUT2D eigenvalue weighted by molar-refractivity contribution is -0.140. The molecule has 0 aromatic carbocycles.